The quantitative estimate of drug-likeness (QED) is 0.647. The standard InChI is InChI=1S/C14H16S/c1-14(2,3)12-8-5-4-7-11(12)13-9-6-10-15-13/h4-10H,1-3H3. The summed E-state index contributed by atoms with van der Waals surface area (Å²) in [7, 11) is 0. The van der Waals surface area contributed by atoms with Gasteiger partial charge in [0.1, 0.15) is 0 Å². The molecule has 0 fully saturated rings. The average molecular weight is 216 g/mol. The van der Waals surface area contributed by atoms with Crippen molar-refractivity contribution in [3.8, 4) is 10.4 Å². The molecule has 0 radical (unpaired) electrons. The SMILES string of the molecule is CC(C)(C)c1ccccc1-c1cccs1. The molecule has 0 nitrogen and oxygen atoms in total. The summed E-state index contributed by atoms with van der Waals surface area (Å²) in [5.74, 6) is 0. The Hall–Kier alpha value is -1.08. The zero-order valence-electron chi connectivity index (χ0n) is 9.45. The molecule has 2 rings (SSSR count). The molecule has 15 heavy (non-hydrogen) atoms. The smallest absolute Gasteiger partial charge is 0.0345 e. The summed E-state index contributed by atoms with van der Waals surface area (Å²) in [4.78, 5) is 1.36. The molecule has 0 aliphatic heterocycles. The first-order valence-electron chi connectivity index (χ1n) is 5.22. The van der Waals surface area contributed by atoms with E-state index in [1.165, 1.54) is 16.0 Å². The Labute approximate surface area is 95.6 Å². The maximum absolute atomic E-state index is 2.26. The van der Waals surface area contributed by atoms with Crippen LogP contribution in [0.1, 0.15) is 26.3 Å². The second kappa shape index (κ2) is 3.82. The van der Waals surface area contributed by atoms with Crippen molar-refractivity contribution in [2.24, 2.45) is 0 Å². The van der Waals surface area contributed by atoms with E-state index >= 15 is 0 Å². The normalized spacial score (nSPS) is 11.7. The maximum atomic E-state index is 2.26. The molecule has 0 N–H and O–H groups in total. The van der Waals surface area contributed by atoms with Crippen LogP contribution in [0.4, 0.5) is 0 Å². The molecule has 0 saturated heterocycles. The predicted molar refractivity (Wildman–Crippen MR) is 68.5 cm³/mol. The molecule has 0 amide bonds. The Morgan fingerprint density at radius 2 is 1.67 bits per heavy atom. The molecule has 1 heteroatoms. The molecule has 78 valence electrons. The van der Waals surface area contributed by atoms with Gasteiger partial charge in [0.15, 0.2) is 0 Å². The van der Waals surface area contributed by atoms with Gasteiger partial charge in [0.05, 0.1) is 0 Å². The van der Waals surface area contributed by atoms with Crippen molar-refractivity contribution < 1.29 is 0 Å². The van der Waals surface area contributed by atoms with Gasteiger partial charge in [-0.05, 0) is 28.0 Å². The molecule has 1 aromatic carbocycles. The van der Waals surface area contributed by atoms with E-state index in [-0.39, 0.29) is 5.41 Å². The third-order valence-corrected chi connectivity index (χ3v) is 3.42. The largest absolute Gasteiger partial charge is 0.144 e. The highest BCUT2D eigenvalue weighted by Gasteiger charge is 2.18. The lowest BCUT2D eigenvalue weighted by Crippen LogP contribution is -2.12. The summed E-state index contributed by atoms with van der Waals surface area (Å²) in [6.45, 7) is 6.79. The third kappa shape index (κ3) is 2.13. The van der Waals surface area contributed by atoms with Gasteiger partial charge in [-0.25, -0.2) is 0 Å². The minimum absolute atomic E-state index is 0.209. The van der Waals surface area contributed by atoms with Crippen LogP contribution in [-0.2, 0) is 5.41 Å². The van der Waals surface area contributed by atoms with Crippen molar-refractivity contribution in [1.82, 2.24) is 0 Å². The number of rotatable bonds is 1. The van der Waals surface area contributed by atoms with Crippen LogP contribution in [0.2, 0.25) is 0 Å². The summed E-state index contributed by atoms with van der Waals surface area (Å²) in [5.41, 5.74) is 3.01. The molecular formula is C14H16S. The molecule has 0 atom stereocenters. The van der Waals surface area contributed by atoms with Gasteiger partial charge in [-0.3, -0.25) is 0 Å². The molecular weight excluding hydrogens is 200 g/mol. The summed E-state index contributed by atoms with van der Waals surface area (Å²) >= 11 is 1.81. The Morgan fingerprint density at radius 1 is 0.933 bits per heavy atom. The van der Waals surface area contributed by atoms with E-state index in [9.17, 15) is 0 Å². The Bertz CT molecular complexity index is 433. The van der Waals surface area contributed by atoms with Crippen LogP contribution < -0.4 is 0 Å². The van der Waals surface area contributed by atoms with E-state index in [4.69, 9.17) is 0 Å². The zero-order valence-corrected chi connectivity index (χ0v) is 10.3. The highest BCUT2D eigenvalue weighted by molar-refractivity contribution is 7.13. The number of hydrogen-bond donors (Lipinski definition) is 0. The van der Waals surface area contributed by atoms with Crippen molar-refractivity contribution >= 4 is 11.3 Å². The lowest BCUT2D eigenvalue weighted by molar-refractivity contribution is 0.592. The fourth-order valence-corrected chi connectivity index (χ4v) is 2.55. The van der Waals surface area contributed by atoms with Gasteiger partial charge in [0, 0.05) is 4.88 Å². The Morgan fingerprint density at radius 3 is 2.27 bits per heavy atom. The van der Waals surface area contributed by atoms with E-state index in [1.807, 2.05) is 0 Å². The zero-order chi connectivity index (χ0) is 10.9. The topological polar surface area (TPSA) is 0 Å². The first kappa shape index (κ1) is 10.4. The van der Waals surface area contributed by atoms with E-state index in [0.717, 1.165) is 0 Å². The van der Waals surface area contributed by atoms with Gasteiger partial charge in [-0.15, -0.1) is 11.3 Å². The molecule has 0 aliphatic carbocycles. The van der Waals surface area contributed by atoms with Crippen molar-refractivity contribution in [1.29, 1.82) is 0 Å². The highest BCUT2D eigenvalue weighted by atomic mass is 32.1. The van der Waals surface area contributed by atoms with Crippen molar-refractivity contribution in [2.75, 3.05) is 0 Å². The van der Waals surface area contributed by atoms with Gasteiger partial charge < -0.3 is 0 Å². The van der Waals surface area contributed by atoms with E-state index < -0.39 is 0 Å². The van der Waals surface area contributed by atoms with E-state index in [2.05, 4.69) is 62.5 Å². The van der Waals surface area contributed by atoms with Gasteiger partial charge in [-0.1, -0.05) is 51.1 Å². The van der Waals surface area contributed by atoms with Gasteiger partial charge in [0.25, 0.3) is 0 Å². The first-order valence-corrected chi connectivity index (χ1v) is 6.10. The van der Waals surface area contributed by atoms with Crippen molar-refractivity contribution in [2.45, 2.75) is 26.2 Å². The van der Waals surface area contributed by atoms with Crippen LogP contribution in [-0.4, -0.2) is 0 Å². The van der Waals surface area contributed by atoms with Crippen LogP contribution in [0.3, 0.4) is 0 Å². The van der Waals surface area contributed by atoms with Gasteiger partial charge in [-0.2, -0.15) is 0 Å². The molecule has 1 aromatic heterocycles. The lowest BCUT2D eigenvalue weighted by atomic mass is 9.83. The minimum Gasteiger partial charge on any atom is -0.144 e. The third-order valence-electron chi connectivity index (χ3n) is 2.52. The summed E-state index contributed by atoms with van der Waals surface area (Å²) in [6.07, 6.45) is 0. The molecule has 0 saturated carbocycles. The van der Waals surface area contributed by atoms with Gasteiger partial charge >= 0.3 is 0 Å². The monoisotopic (exact) mass is 216 g/mol. The average Bonchev–Trinajstić information content (AvgIpc) is 2.69. The first-order chi connectivity index (χ1) is 7.09. The summed E-state index contributed by atoms with van der Waals surface area (Å²) in [6, 6.07) is 13.0. The molecule has 0 aliphatic rings. The molecule has 0 bridgehead atoms. The second-order valence-electron chi connectivity index (χ2n) is 4.77. The summed E-state index contributed by atoms with van der Waals surface area (Å²) in [5, 5.41) is 2.13. The molecule has 2 aromatic rings. The molecule has 0 unspecified atom stereocenters. The van der Waals surface area contributed by atoms with Crippen molar-refractivity contribution in [3.05, 3.63) is 47.3 Å². The van der Waals surface area contributed by atoms with Crippen LogP contribution in [0.25, 0.3) is 10.4 Å². The second-order valence-corrected chi connectivity index (χ2v) is 5.72. The summed E-state index contributed by atoms with van der Waals surface area (Å²) < 4.78 is 0. The van der Waals surface area contributed by atoms with Crippen LogP contribution in [0.15, 0.2) is 41.8 Å². The van der Waals surface area contributed by atoms with E-state index in [1.54, 1.807) is 11.3 Å². The Kier molecular flexibility index (Phi) is 2.66. The maximum Gasteiger partial charge on any atom is 0.0345 e. The van der Waals surface area contributed by atoms with Gasteiger partial charge in [0.2, 0.25) is 0 Å². The van der Waals surface area contributed by atoms with Crippen LogP contribution >= 0.6 is 11.3 Å². The number of hydrogen-bond acceptors (Lipinski definition) is 1. The van der Waals surface area contributed by atoms with E-state index in [0.29, 0.717) is 0 Å². The Balaban J connectivity index is 2.58. The fraction of sp³-hybridized carbons (Fsp3) is 0.286. The molecule has 0 spiro atoms. The highest BCUT2D eigenvalue weighted by Crippen LogP contribution is 2.34. The predicted octanol–water partition coefficient (Wildman–Crippen LogP) is 4.71. The van der Waals surface area contributed by atoms with Crippen LogP contribution in [0.5, 0.6) is 0 Å². The lowest BCUT2D eigenvalue weighted by Gasteiger charge is -2.22. The number of thiophene rings is 1. The molecule has 1 heterocycles. The number of benzene rings is 1. The van der Waals surface area contributed by atoms with Crippen molar-refractivity contribution in [3.63, 3.8) is 0 Å². The minimum atomic E-state index is 0.209. The van der Waals surface area contributed by atoms with Crippen LogP contribution in [0, 0.1) is 0 Å². The fourth-order valence-electron chi connectivity index (χ4n) is 1.78.